The van der Waals surface area contributed by atoms with Gasteiger partial charge in [0.25, 0.3) is 5.56 Å². The molecule has 7 nitrogen and oxygen atoms in total. The maximum Gasteiger partial charge on any atom is 0.277 e. The van der Waals surface area contributed by atoms with E-state index < -0.39 is 0 Å². The first-order valence-electron chi connectivity index (χ1n) is 5.42. The SMILES string of the molecule is CC(C)NC(=O)CSc1nc2nc[nH]c2c(=O)[nH]1. The number of carbonyl (C=O) groups is 1. The fourth-order valence-corrected chi connectivity index (χ4v) is 2.06. The molecular formula is C10H13N5O2S. The number of rotatable bonds is 4. The minimum atomic E-state index is -0.288. The molecule has 0 aliphatic heterocycles. The van der Waals surface area contributed by atoms with E-state index in [1.54, 1.807) is 0 Å². The maximum absolute atomic E-state index is 11.6. The molecule has 1 amide bonds. The molecule has 3 N–H and O–H groups in total. The fourth-order valence-electron chi connectivity index (χ4n) is 1.39. The van der Waals surface area contributed by atoms with Gasteiger partial charge in [-0.2, -0.15) is 0 Å². The molecule has 0 saturated carbocycles. The standard InChI is InChI=1S/C10H13N5O2S/c1-5(2)13-6(16)3-18-10-14-8-7(9(17)15-10)11-4-12-8/h4-5H,3H2,1-2H3,(H,13,16)(H2,11,12,14,15,17). The zero-order chi connectivity index (χ0) is 13.1. The Labute approximate surface area is 107 Å². The van der Waals surface area contributed by atoms with Crippen LogP contribution >= 0.6 is 11.8 Å². The topological polar surface area (TPSA) is 104 Å². The van der Waals surface area contributed by atoms with Gasteiger partial charge in [-0.1, -0.05) is 11.8 Å². The van der Waals surface area contributed by atoms with Crippen molar-refractivity contribution in [2.45, 2.75) is 25.0 Å². The zero-order valence-electron chi connectivity index (χ0n) is 9.98. The molecule has 2 aromatic heterocycles. The Morgan fingerprint density at radius 3 is 3.06 bits per heavy atom. The highest BCUT2D eigenvalue weighted by molar-refractivity contribution is 7.99. The normalized spacial score (nSPS) is 11.1. The van der Waals surface area contributed by atoms with Crippen LogP contribution in [0.1, 0.15) is 13.8 Å². The molecule has 96 valence electrons. The Morgan fingerprint density at radius 1 is 1.56 bits per heavy atom. The summed E-state index contributed by atoms with van der Waals surface area (Å²) in [4.78, 5) is 36.4. The van der Waals surface area contributed by atoms with Crippen molar-refractivity contribution in [3.8, 4) is 0 Å². The van der Waals surface area contributed by atoms with Crippen molar-refractivity contribution >= 4 is 28.8 Å². The smallest absolute Gasteiger partial charge is 0.277 e. The summed E-state index contributed by atoms with van der Waals surface area (Å²) in [6.45, 7) is 3.77. The van der Waals surface area contributed by atoms with E-state index in [0.29, 0.717) is 16.3 Å². The van der Waals surface area contributed by atoms with E-state index in [0.717, 1.165) is 0 Å². The third-order valence-corrected chi connectivity index (χ3v) is 2.94. The van der Waals surface area contributed by atoms with Gasteiger partial charge in [-0.15, -0.1) is 0 Å². The third-order valence-electron chi connectivity index (χ3n) is 2.06. The maximum atomic E-state index is 11.6. The molecule has 0 radical (unpaired) electrons. The van der Waals surface area contributed by atoms with Gasteiger partial charge in [0, 0.05) is 6.04 Å². The van der Waals surface area contributed by atoms with Crippen molar-refractivity contribution in [3.63, 3.8) is 0 Å². The lowest BCUT2D eigenvalue weighted by molar-refractivity contribution is -0.119. The Balaban J connectivity index is 2.08. The minimum Gasteiger partial charge on any atom is -0.353 e. The van der Waals surface area contributed by atoms with Crippen LogP contribution in [0.5, 0.6) is 0 Å². The number of hydrogen-bond acceptors (Lipinski definition) is 5. The predicted molar refractivity (Wildman–Crippen MR) is 68.5 cm³/mol. The lowest BCUT2D eigenvalue weighted by Crippen LogP contribution is -2.31. The number of nitrogens with one attached hydrogen (secondary N) is 3. The average molecular weight is 267 g/mol. The van der Waals surface area contributed by atoms with Crippen molar-refractivity contribution < 1.29 is 4.79 Å². The number of amides is 1. The van der Waals surface area contributed by atoms with Gasteiger partial charge in [0.05, 0.1) is 12.1 Å². The molecule has 2 aromatic rings. The number of hydrogen-bond donors (Lipinski definition) is 3. The molecule has 0 spiro atoms. The molecule has 0 aromatic carbocycles. The number of H-pyrrole nitrogens is 2. The molecule has 0 aliphatic carbocycles. The first-order chi connectivity index (χ1) is 8.56. The molecule has 2 heterocycles. The summed E-state index contributed by atoms with van der Waals surface area (Å²) in [6.07, 6.45) is 1.41. The highest BCUT2D eigenvalue weighted by atomic mass is 32.2. The monoisotopic (exact) mass is 267 g/mol. The molecular weight excluding hydrogens is 254 g/mol. The minimum absolute atomic E-state index is 0.0962. The number of nitrogens with zero attached hydrogens (tertiary/aromatic N) is 2. The van der Waals surface area contributed by atoms with Gasteiger partial charge in [-0.25, -0.2) is 9.97 Å². The first-order valence-corrected chi connectivity index (χ1v) is 6.40. The van der Waals surface area contributed by atoms with Crippen LogP contribution in [0.15, 0.2) is 16.3 Å². The third kappa shape index (κ3) is 2.89. The van der Waals surface area contributed by atoms with Crippen LogP contribution in [0, 0.1) is 0 Å². The van der Waals surface area contributed by atoms with Gasteiger partial charge in [0.15, 0.2) is 16.3 Å². The number of imidazole rings is 1. The van der Waals surface area contributed by atoms with E-state index in [-0.39, 0.29) is 23.3 Å². The second-order valence-corrected chi connectivity index (χ2v) is 4.95. The summed E-state index contributed by atoms with van der Waals surface area (Å²) in [5.74, 6) is 0.108. The fraction of sp³-hybridized carbons (Fsp3) is 0.400. The van der Waals surface area contributed by atoms with E-state index in [9.17, 15) is 9.59 Å². The first kappa shape index (κ1) is 12.6. The molecule has 0 aliphatic rings. The van der Waals surface area contributed by atoms with Crippen LogP contribution < -0.4 is 10.9 Å². The van der Waals surface area contributed by atoms with Gasteiger partial charge in [0.2, 0.25) is 5.91 Å². The predicted octanol–water partition coefficient (Wildman–Crippen LogP) is 0.263. The summed E-state index contributed by atoms with van der Waals surface area (Å²) in [5.41, 5.74) is 0.403. The van der Waals surface area contributed by atoms with E-state index in [1.807, 2.05) is 13.8 Å². The molecule has 0 bridgehead atoms. The summed E-state index contributed by atoms with van der Waals surface area (Å²) in [7, 11) is 0. The highest BCUT2D eigenvalue weighted by Crippen LogP contribution is 2.12. The summed E-state index contributed by atoms with van der Waals surface area (Å²) in [5, 5.41) is 3.15. The van der Waals surface area contributed by atoms with E-state index in [1.165, 1.54) is 18.1 Å². The van der Waals surface area contributed by atoms with Crippen LogP contribution in [-0.4, -0.2) is 37.6 Å². The molecule has 0 saturated heterocycles. The Morgan fingerprint density at radius 2 is 2.33 bits per heavy atom. The number of carbonyl (C=O) groups excluding carboxylic acids is 1. The van der Waals surface area contributed by atoms with Crippen LogP contribution in [0.3, 0.4) is 0 Å². The van der Waals surface area contributed by atoms with Crippen molar-refractivity contribution in [1.82, 2.24) is 25.3 Å². The zero-order valence-corrected chi connectivity index (χ0v) is 10.8. The van der Waals surface area contributed by atoms with Crippen LogP contribution in [0.25, 0.3) is 11.2 Å². The van der Waals surface area contributed by atoms with E-state index >= 15 is 0 Å². The van der Waals surface area contributed by atoms with Crippen molar-refractivity contribution in [2.24, 2.45) is 0 Å². The van der Waals surface area contributed by atoms with E-state index in [2.05, 4.69) is 25.3 Å². The average Bonchev–Trinajstić information content (AvgIpc) is 2.74. The van der Waals surface area contributed by atoms with Crippen molar-refractivity contribution in [1.29, 1.82) is 0 Å². The molecule has 18 heavy (non-hydrogen) atoms. The van der Waals surface area contributed by atoms with Crippen LogP contribution in [-0.2, 0) is 4.79 Å². The van der Waals surface area contributed by atoms with E-state index in [4.69, 9.17) is 0 Å². The molecule has 0 atom stereocenters. The van der Waals surface area contributed by atoms with Crippen molar-refractivity contribution in [3.05, 3.63) is 16.7 Å². The van der Waals surface area contributed by atoms with Gasteiger partial charge in [0.1, 0.15) is 0 Å². The number of fused-ring (bicyclic) bond motifs is 1. The molecule has 0 unspecified atom stereocenters. The summed E-state index contributed by atoms with van der Waals surface area (Å²) < 4.78 is 0. The van der Waals surface area contributed by atoms with Gasteiger partial charge in [-0.05, 0) is 13.8 Å². The number of aromatic amines is 2. The summed E-state index contributed by atoms with van der Waals surface area (Å²) >= 11 is 1.17. The van der Waals surface area contributed by atoms with Crippen LogP contribution in [0.4, 0.5) is 0 Å². The molecule has 0 fully saturated rings. The van der Waals surface area contributed by atoms with Gasteiger partial charge >= 0.3 is 0 Å². The molecule has 8 heteroatoms. The second kappa shape index (κ2) is 5.21. The Kier molecular flexibility index (Phi) is 3.66. The largest absolute Gasteiger partial charge is 0.353 e. The quantitative estimate of drug-likeness (QED) is 0.544. The lowest BCUT2D eigenvalue weighted by atomic mass is 10.4. The Hall–Kier alpha value is -1.83. The van der Waals surface area contributed by atoms with Gasteiger partial charge in [-0.3, -0.25) is 14.6 Å². The Bertz CT molecular complexity index is 618. The van der Waals surface area contributed by atoms with Crippen LogP contribution in [0.2, 0.25) is 0 Å². The highest BCUT2D eigenvalue weighted by Gasteiger charge is 2.09. The molecule has 2 rings (SSSR count). The second-order valence-electron chi connectivity index (χ2n) is 3.98. The van der Waals surface area contributed by atoms with Crippen molar-refractivity contribution in [2.75, 3.05) is 5.75 Å². The summed E-state index contributed by atoms with van der Waals surface area (Å²) in [6, 6.07) is 0.0962. The van der Waals surface area contributed by atoms with Gasteiger partial charge < -0.3 is 10.3 Å². The lowest BCUT2D eigenvalue weighted by Gasteiger charge is -2.07. The number of aromatic nitrogens is 4. The number of thioether (sulfide) groups is 1.